The lowest BCUT2D eigenvalue weighted by Gasteiger charge is -2.29. The van der Waals surface area contributed by atoms with Gasteiger partial charge < -0.3 is 19.5 Å². The summed E-state index contributed by atoms with van der Waals surface area (Å²) in [7, 11) is 0. The number of nitrogens with zero attached hydrogens (tertiary/aromatic N) is 2. The van der Waals surface area contributed by atoms with E-state index in [9.17, 15) is 14.7 Å². The Balaban J connectivity index is 1.64. The first-order valence-electron chi connectivity index (χ1n) is 13.3. The Kier molecular flexibility index (Phi) is 9.00. The Morgan fingerprint density at radius 3 is 2.43 bits per heavy atom. The monoisotopic (exact) mass is 506 g/mol. The zero-order valence-corrected chi connectivity index (χ0v) is 22.2. The minimum Gasteiger partial charge on any atom is -0.507 e. The van der Waals surface area contributed by atoms with Crippen molar-refractivity contribution in [1.29, 1.82) is 0 Å². The predicted octanol–water partition coefficient (Wildman–Crippen LogP) is 4.63. The van der Waals surface area contributed by atoms with Crippen LogP contribution in [0.15, 0.2) is 48.0 Å². The number of amides is 1. The van der Waals surface area contributed by atoms with Crippen molar-refractivity contribution in [3.05, 3.63) is 70.3 Å². The van der Waals surface area contributed by atoms with Gasteiger partial charge in [-0.05, 0) is 56.0 Å². The molecule has 1 amide bonds. The number of unbranched alkanes of at least 4 members (excludes halogenated alkanes) is 1. The van der Waals surface area contributed by atoms with E-state index in [-0.39, 0.29) is 11.3 Å². The van der Waals surface area contributed by atoms with Crippen molar-refractivity contribution in [3.8, 4) is 5.75 Å². The van der Waals surface area contributed by atoms with Gasteiger partial charge in [-0.15, -0.1) is 0 Å². The summed E-state index contributed by atoms with van der Waals surface area (Å²) in [5.74, 6) is -0.623. The number of aliphatic hydroxyl groups is 1. The predicted molar refractivity (Wildman–Crippen MR) is 144 cm³/mol. The number of likely N-dealkylation sites (tertiary alicyclic amines) is 1. The molecule has 0 unspecified atom stereocenters. The van der Waals surface area contributed by atoms with E-state index in [0.717, 1.165) is 74.6 Å². The largest absolute Gasteiger partial charge is 0.507 e. The fraction of sp³-hybridized carbons (Fsp3) is 0.467. The van der Waals surface area contributed by atoms with Gasteiger partial charge in [-0.25, -0.2) is 0 Å². The van der Waals surface area contributed by atoms with E-state index >= 15 is 0 Å². The summed E-state index contributed by atoms with van der Waals surface area (Å²) in [6.45, 7) is 11.0. The van der Waals surface area contributed by atoms with Crippen LogP contribution in [0.25, 0.3) is 5.76 Å². The third-order valence-electron chi connectivity index (χ3n) is 7.13. The van der Waals surface area contributed by atoms with Crippen LogP contribution >= 0.6 is 0 Å². The summed E-state index contributed by atoms with van der Waals surface area (Å²) in [5, 5.41) is 11.4. The maximum Gasteiger partial charge on any atom is 0.295 e. The molecule has 2 aliphatic heterocycles. The molecule has 0 bridgehead atoms. The van der Waals surface area contributed by atoms with Crippen molar-refractivity contribution in [2.45, 2.75) is 46.1 Å². The molecule has 2 fully saturated rings. The van der Waals surface area contributed by atoms with Gasteiger partial charge in [-0.3, -0.25) is 14.5 Å². The Morgan fingerprint density at radius 1 is 1.03 bits per heavy atom. The molecule has 2 aliphatic rings. The normalized spacial score (nSPS) is 20.0. The average Bonchev–Trinajstić information content (AvgIpc) is 3.15. The van der Waals surface area contributed by atoms with Crippen molar-refractivity contribution < 1.29 is 24.2 Å². The topological polar surface area (TPSA) is 79.3 Å². The molecule has 1 atom stereocenters. The van der Waals surface area contributed by atoms with E-state index in [0.29, 0.717) is 18.7 Å². The van der Waals surface area contributed by atoms with Crippen LogP contribution in [-0.2, 0) is 14.3 Å². The number of carbonyl (C=O) groups excluding carboxylic acids is 2. The summed E-state index contributed by atoms with van der Waals surface area (Å²) in [6, 6.07) is 12.6. The summed E-state index contributed by atoms with van der Waals surface area (Å²) >= 11 is 0. The number of Topliss-reactive ketones (excluding diaryl/α,β-unsaturated/α-hetero) is 1. The molecule has 4 rings (SSSR count). The van der Waals surface area contributed by atoms with Crippen LogP contribution in [0.1, 0.15) is 54.5 Å². The van der Waals surface area contributed by atoms with Crippen LogP contribution in [0.5, 0.6) is 5.75 Å². The minimum absolute atomic E-state index is 0.141. The Hall–Kier alpha value is -3.16. The molecule has 2 aromatic rings. The van der Waals surface area contributed by atoms with Gasteiger partial charge in [0.25, 0.3) is 11.7 Å². The lowest BCUT2D eigenvalue weighted by Crippen LogP contribution is -2.38. The van der Waals surface area contributed by atoms with Gasteiger partial charge in [0.15, 0.2) is 0 Å². The highest BCUT2D eigenvalue weighted by atomic mass is 16.5. The molecule has 2 heterocycles. The molecule has 37 heavy (non-hydrogen) atoms. The van der Waals surface area contributed by atoms with Gasteiger partial charge in [0, 0.05) is 31.7 Å². The summed E-state index contributed by atoms with van der Waals surface area (Å²) in [6.07, 6.45) is 2.74. The number of ether oxygens (including phenoxy) is 2. The molecule has 0 radical (unpaired) electrons. The first kappa shape index (κ1) is 26.9. The van der Waals surface area contributed by atoms with Crippen molar-refractivity contribution in [2.75, 3.05) is 46.0 Å². The Labute approximate surface area is 219 Å². The van der Waals surface area contributed by atoms with E-state index in [1.54, 1.807) is 17.0 Å². The second kappa shape index (κ2) is 12.4. The third-order valence-corrected chi connectivity index (χ3v) is 7.13. The standard InChI is InChI=1S/C30H38N2O5/c1-4-5-17-37-24-11-12-25(22(3)20-24)28(33)26-27(23-9-7-21(2)8-10-23)32(30(35)29(26)34)14-6-13-31-15-18-36-19-16-31/h7-12,20,27,33H,4-6,13-19H2,1-3H3/b28-26+/t27-/m1/s1. The molecule has 0 saturated carbocycles. The number of carbonyl (C=O) groups is 2. The minimum atomic E-state index is -0.642. The van der Waals surface area contributed by atoms with Crippen LogP contribution in [0, 0.1) is 13.8 Å². The molecule has 2 saturated heterocycles. The van der Waals surface area contributed by atoms with Crippen LogP contribution in [0.2, 0.25) is 0 Å². The molecule has 7 heteroatoms. The zero-order valence-electron chi connectivity index (χ0n) is 22.2. The van der Waals surface area contributed by atoms with Crippen molar-refractivity contribution in [2.24, 2.45) is 0 Å². The number of aliphatic hydroxyl groups excluding tert-OH is 1. The van der Waals surface area contributed by atoms with E-state index in [1.165, 1.54) is 0 Å². The fourth-order valence-electron chi connectivity index (χ4n) is 4.97. The van der Waals surface area contributed by atoms with E-state index in [4.69, 9.17) is 9.47 Å². The number of benzene rings is 2. The third kappa shape index (κ3) is 6.22. The highest BCUT2D eigenvalue weighted by Gasteiger charge is 2.45. The van der Waals surface area contributed by atoms with Crippen molar-refractivity contribution >= 4 is 17.4 Å². The maximum absolute atomic E-state index is 13.3. The number of morpholine rings is 1. The lowest BCUT2D eigenvalue weighted by atomic mass is 9.93. The van der Waals surface area contributed by atoms with E-state index in [1.807, 2.05) is 44.2 Å². The second-order valence-electron chi connectivity index (χ2n) is 9.89. The number of hydrogen-bond acceptors (Lipinski definition) is 6. The number of rotatable bonds is 10. The fourth-order valence-corrected chi connectivity index (χ4v) is 4.97. The summed E-state index contributed by atoms with van der Waals surface area (Å²) < 4.78 is 11.2. The quantitative estimate of drug-likeness (QED) is 0.219. The van der Waals surface area contributed by atoms with Gasteiger partial charge in [-0.2, -0.15) is 0 Å². The lowest BCUT2D eigenvalue weighted by molar-refractivity contribution is -0.140. The highest BCUT2D eigenvalue weighted by Crippen LogP contribution is 2.40. The smallest absolute Gasteiger partial charge is 0.295 e. The van der Waals surface area contributed by atoms with Crippen LogP contribution in [0.3, 0.4) is 0 Å². The first-order valence-corrected chi connectivity index (χ1v) is 13.3. The van der Waals surface area contributed by atoms with Crippen molar-refractivity contribution in [1.82, 2.24) is 9.80 Å². The highest BCUT2D eigenvalue weighted by molar-refractivity contribution is 6.46. The molecule has 0 aromatic heterocycles. The SMILES string of the molecule is CCCCOc1ccc(/C(O)=C2\C(=O)C(=O)N(CCCN3CCOCC3)[C@@H]2c2ccc(C)cc2)c(C)c1. The number of ketones is 1. The Bertz CT molecular complexity index is 1140. The van der Waals surface area contributed by atoms with Crippen LogP contribution < -0.4 is 4.74 Å². The summed E-state index contributed by atoms with van der Waals surface area (Å²) in [5.41, 5.74) is 3.36. The van der Waals surface area contributed by atoms with Crippen LogP contribution in [-0.4, -0.2) is 72.6 Å². The summed E-state index contributed by atoms with van der Waals surface area (Å²) in [4.78, 5) is 30.5. The molecular formula is C30H38N2O5. The number of aryl methyl sites for hydroxylation is 2. The van der Waals surface area contributed by atoms with Gasteiger partial charge in [0.2, 0.25) is 0 Å². The van der Waals surface area contributed by atoms with Gasteiger partial charge in [-0.1, -0.05) is 43.2 Å². The molecular weight excluding hydrogens is 468 g/mol. The second-order valence-corrected chi connectivity index (χ2v) is 9.89. The number of hydrogen-bond donors (Lipinski definition) is 1. The first-order chi connectivity index (χ1) is 17.9. The molecule has 2 aromatic carbocycles. The van der Waals surface area contributed by atoms with E-state index < -0.39 is 17.7 Å². The van der Waals surface area contributed by atoms with Gasteiger partial charge >= 0.3 is 0 Å². The molecule has 1 N–H and O–H groups in total. The molecule has 0 spiro atoms. The maximum atomic E-state index is 13.3. The molecule has 0 aliphatic carbocycles. The molecule has 198 valence electrons. The van der Waals surface area contributed by atoms with Gasteiger partial charge in [0.1, 0.15) is 11.5 Å². The zero-order chi connectivity index (χ0) is 26.4. The van der Waals surface area contributed by atoms with Crippen LogP contribution in [0.4, 0.5) is 0 Å². The Morgan fingerprint density at radius 2 is 1.76 bits per heavy atom. The van der Waals surface area contributed by atoms with Gasteiger partial charge in [0.05, 0.1) is 31.4 Å². The van der Waals surface area contributed by atoms with E-state index in [2.05, 4.69) is 11.8 Å². The van der Waals surface area contributed by atoms with Crippen molar-refractivity contribution in [3.63, 3.8) is 0 Å². The average molecular weight is 507 g/mol. The molecule has 7 nitrogen and oxygen atoms in total.